The lowest BCUT2D eigenvalue weighted by Crippen LogP contribution is -2.40. The molecular formula is C39H53N7O6SSi. The zero-order valence-corrected chi connectivity index (χ0v) is 34.8. The third kappa shape index (κ3) is 8.86. The standard InChI is InChI=1S/C39H53N7O6SSi/c1-25-19-31(46(44-25)16-12-18-51-34-13-10-11-17-50-34)38-43-36(33(53-38)24-52-54(8,9)39(2,3)4)35-28-23-41-45(5)30(28)21-29(42-35)37(47)40-22-26-14-15-27(48-6)20-32(26)49-7/h14-15,19-21,23,34H,10-13,16-18,22,24H2,1-9H3,(H,40,47). The van der Waals surface area contributed by atoms with Gasteiger partial charge in [-0.2, -0.15) is 10.2 Å². The molecule has 0 bridgehead atoms. The van der Waals surface area contributed by atoms with E-state index in [9.17, 15) is 4.79 Å². The molecule has 0 spiro atoms. The van der Waals surface area contributed by atoms with E-state index < -0.39 is 8.32 Å². The highest BCUT2D eigenvalue weighted by molar-refractivity contribution is 7.15. The minimum absolute atomic E-state index is 0.0145. The van der Waals surface area contributed by atoms with Crippen LogP contribution in [0.1, 0.15) is 73.1 Å². The van der Waals surface area contributed by atoms with Crippen LogP contribution in [0.25, 0.3) is 33.0 Å². The van der Waals surface area contributed by atoms with Crippen molar-refractivity contribution in [2.75, 3.05) is 27.4 Å². The summed E-state index contributed by atoms with van der Waals surface area (Å²) < 4.78 is 33.2. The molecule has 1 saturated heterocycles. The van der Waals surface area contributed by atoms with Gasteiger partial charge in [-0.25, -0.2) is 9.97 Å². The Morgan fingerprint density at radius 1 is 1.09 bits per heavy atom. The largest absolute Gasteiger partial charge is 0.497 e. The van der Waals surface area contributed by atoms with Gasteiger partial charge < -0.3 is 28.7 Å². The Bertz CT molecular complexity index is 2080. The van der Waals surface area contributed by atoms with Gasteiger partial charge >= 0.3 is 0 Å². The number of aromatic nitrogens is 6. The number of thiazole rings is 1. The molecule has 1 amide bonds. The topological polar surface area (TPSA) is 137 Å². The Labute approximate surface area is 322 Å². The molecule has 4 aromatic heterocycles. The summed E-state index contributed by atoms with van der Waals surface area (Å²) in [6, 6.07) is 9.33. The molecule has 54 heavy (non-hydrogen) atoms. The second kappa shape index (κ2) is 16.7. The number of benzene rings is 1. The maximum Gasteiger partial charge on any atom is 0.270 e. The molecule has 5 heterocycles. The molecule has 6 rings (SSSR count). The number of nitrogens with one attached hydrogen (secondary N) is 1. The smallest absolute Gasteiger partial charge is 0.270 e. The molecule has 1 aliphatic heterocycles. The SMILES string of the molecule is COc1ccc(CNC(=O)c2cc3c(cnn3C)c(-c3nc(-c4cc(C)nn4CCCOC4CCCCO4)sc3CO[Si](C)(C)C(C)(C)C)n2)c(OC)c1. The van der Waals surface area contributed by atoms with Crippen molar-refractivity contribution in [2.24, 2.45) is 7.05 Å². The van der Waals surface area contributed by atoms with Crippen molar-refractivity contribution in [2.45, 2.75) is 97.5 Å². The third-order valence-electron chi connectivity index (χ3n) is 10.3. The van der Waals surface area contributed by atoms with E-state index in [1.54, 1.807) is 48.6 Å². The predicted molar refractivity (Wildman–Crippen MR) is 212 cm³/mol. The van der Waals surface area contributed by atoms with E-state index in [1.165, 1.54) is 0 Å². The number of pyridine rings is 1. The number of rotatable bonds is 15. The van der Waals surface area contributed by atoms with Gasteiger partial charge in [0.15, 0.2) is 14.6 Å². The summed E-state index contributed by atoms with van der Waals surface area (Å²) in [4.78, 5) is 25.0. The van der Waals surface area contributed by atoms with Gasteiger partial charge in [0.25, 0.3) is 5.91 Å². The average Bonchev–Trinajstić information content (AvgIpc) is 3.87. The van der Waals surface area contributed by atoms with Crippen LogP contribution in [0.15, 0.2) is 36.5 Å². The van der Waals surface area contributed by atoms with Crippen LogP contribution in [0.3, 0.4) is 0 Å². The first kappa shape index (κ1) is 39.5. The van der Waals surface area contributed by atoms with Gasteiger partial charge in [-0.05, 0) is 75.0 Å². The number of carbonyl (C=O) groups is 1. The summed E-state index contributed by atoms with van der Waals surface area (Å²) in [5.74, 6) is 0.955. The lowest BCUT2D eigenvalue weighted by atomic mass is 10.1. The fourth-order valence-electron chi connectivity index (χ4n) is 6.07. The Morgan fingerprint density at radius 3 is 2.63 bits per heavy atom. The minimum atomic E-state index is -2.14. The van der Waals surface area contributed by atoms with Crippen molar-refractivity contribution >= 4 is 36.5 Å². The molecule has 13 nitrogen and oxygen atoms in total. The molecule has 1 fully saturated rings. The zero-order valence-electron chi connectivity index (χ0n) is 32.9. The molecule has 0 aliphatic carbocycles. The molecule has 1 atom stereocenters. The summed E-state index contributed by atoms with van der Waals surface area (Å²) in [5.41, 5.74) is 4.88. The number of hydrogen-bond acceptors (Lipinski definition) is 11. The van der Waals surface area contributed by atoms with E-state index in [0.717, 1.165) is 70.0 Å². The molecule has 15 heteroatoms. The van der Waals surface area contributed by atoms with E-state index in [0.29, 0.717) is 42.6 Å². The predicted octanol–water partition coefficient (Wildman–Crippen LogP) is 7.67. The van der Waals surface area contributed by atoms with E-state index in [-0.39, 0.29) is 29.5 Å². The second-order valence-corrected chi connectivity index (χ2v) is 21.1. The zero-order chi connectivity index (χ0) is 38.6. The molecule has 5 aromatic rings. The molecule has 1 N–H and O–H groups in total. The van der Waals surface area contributed by atoms with Crippen molar-refractivity contribution in [3.05, 3.63) is 58.4 Å². The van der Waals surface area contributed by atoms with Crippen LogP contribution in [0.2, 0.25) is 18.1 Å². The minimum Gasteiger partial charge on any atom is -0.497 e. The Kier molecular flexibility index (Phi) is 12.2. The highest BCUT2D eigenvalue weighted by Gasteiger charge is 2.38. The molecular weight excluding hydrogens is 723 g/mol. The number of ether oxygens (including phenoxy) is 4. The van der Waals surface area contributed by atoms with Gasteiger partial charge in [0.1, 0.15) is 33.6 Å². The first-order valence-electron chi connectivity index (χ1n) is 18.5. The normalized spacial score (nSPS) is 15.2. The van der Waals surface area contributed by atoms with Crippen LogP contribution in [-0.4, -0.2) is 77.5 Å². The summed E-state index contributed by atoms with van der Waals surface area (Å²) >= 11 is 1.57. The quantitative estimate of drug-likeness (QED) is 0.0834. The summed E-state index contributed by atoms with van der Waals surface area (Å²) in [5, 5.41) is 14.0. The van der Waals surface area contributed by atoms with Crippen molar-refractivity contribution < 1.29 is 28.2 Å². The van der Waals surface area contributed by atoms with Gasteiger partial charge in [-0.1, -0.05) is 20.8 Å². The van der Waals surface area contributed by atoms with Gasteiger partial charge in [0.2, 0.25) is 0 Å². The first-order valence-corrected chi connectivity index (χ1v) is 22.2. The number of methoxy groups -OCH3 is 2. The number of aryl methyl sites for hydroxylation is 3. The van der Waals surface area contributed by atoms with Crippen LogP contribution in [0.4, 0.5) is 0 Å². The van der Waals surface area contributed by atoms with Crippen LogP contribution >= 0.6 is 11.3 Å². The molecule has 290 valence electrons. The lowest BCUT2D eigenvalue weighted by molar-refractivity contribution is -0.163. The molecule has 1 aromatic carbocycles. The maximum atomic E-state index is 13.8. The van der Waals surface area contributed by atoms with Gasteiger partial charge in [0, 0.05) is 43.8 Å². The highest BCUT2D eigenvalue weighted by Crippen LogP contribution is 2.41. The van der Waals surface area contributed by atoms with Crippen LogP contribution in [0, 0.1) is 6.92 Å². The fraction of sp³-hybridized carbons (Fsp3) is 0.513. The lowest BCUT2D eigenvalue weighted by Gasteiger charge is -2.36. The first-order chi connectivity index (χ1) is 25.8. The average molecular weight is 776 g/mol. The summed E-state index contributed by atoms with van der Waals surface area (Å²) in [6.45, 7) is 15.8. The molecule has 0 saturated carbocycles. The fourth-order valence-corrected chi connectivity index (χ4v) is 8.11. The van der Waals surface area contributed by atoms with Crippen LogP contribution in [-0.2, 0) is 40.6 Å². The Hall–Kier alpha value is -4.15. The van der Waals surface area contributed by atoms with Crippen molar-refractivity contribution in [1.82, 2.24) is 34.8 Å². The summed E-state index contributed by atoms with van der Waals surface area (Å²) in [6.07, 6.45) is 5.60. The maximum absolute atomic E-state index is 13.8. The van der Waals surface area contributed by atoms with Crippen LogP contribution < -0.4 is 14.8 Å². The molecule has 1 unspecified atom stereocenters. The van der Waals surface area contributed by atoms with E-state index in [2.05, 4.69) is 50.3 Å². The highest BCUT2D eigenvalue weighted by atomic mass is 32.1. The van der Waals surface area contributed by atoms with Crippen molar-refractivity contribution in [3.8, 4) is 33.6 Å². The summed E-state index contributed by atoms with van der Waals surface area (Å²) in [7, 11) is 2.91. The number of amides is 1. The Balaban J connectivity index is 1.34. The molecule has 0 radical (unpaired) electrons. The monoisotopic (exact) mass is 775 g/mol. The van der Waals surface area contributed by atoms with E-state index in [4.69, 9.17) is 38.4 Å². The third-order valence-corrected chi connectivity index (χ3v) is 15.8. The molecule has 1 aliphatic rings. The number of nitrogens with zero attached hydrogens (tertiary/aromatic N) is 6. The van der Waals surface area contributed by atoms with Crippen LogP contribution in [0.5, 0.6) is 11.5 Å². The number of fused-ring (bicyclic) bond motifs is 1. The second-order valence-electron chi connectivity index (χ2n) is 15.2. The Morgan fingerprint density at radius 2 is 1.91 bits per heavy atom. The van der Waals surface area contributed by atoms with E-state index in [1.807, 2.05) is 30.8 Å². The van der Waals surface area contributed by atoms with Crippen molar-refractivity contribution in [3.63, 3.8) is 0 Å². The number of hydrogen-bond donors (Lipinski definition) is 1. The van der Waals surface area contributed by atoms with Gasteiger partial charge in [0.05, 0.1) is 55.4 Å². The van der Waals surface area contributed by atoms with Crippen molar-refractivity contribution in [1.29, 1.82) is 0 Å². The van der Waals surface area contributed by atoms with Gasteiger partial charge in [-0.3, -0.25) is 14.2 Å². The number of carbonyl (C=O) groups excluding carboxylic acids is 1. The van der Waals surface area contributed by atoms with E-state index >= 15 is 0 Å². The van der Waals surface area contributed by atoms with Gasteiger partial charge in [-0.15, -0.1) is 11.3 Å².